The van der Waals surface area contributed by atoms with Crippen molar-refractivity contribution in [1.82, 2.24) is 15.0 Å². The molecule has 0 saturated heterocycles. The minimum atomic E-state index is -0.193. The summed E-state index contributed by atoms with van der Waals surface area (Å²) in [5.74, 6) is -0.377. The molecule has 0 atom stereocenters. The molecular formula is C21H24N4O2. The molecule has 0 spiro atoms. The molecule has 2 aromatic carbocycles. The number of para-hydroxylation sites is 2. The van der Waals surface area contributed by atoms with Crippen LogP contribution in [0.1, 0.15) is 43.1 Å². The van der Waals surface area contributed by atoms with Crippen molar-refractivity contribution >= 4 is 22.8 Å². The van der Waals surface area contributed by atoms with Crippen LogP contribution < -0.4 is 10.7 Å². The number of rotatable bonds is 5. The molecule has 2 N–H and O–H groups in total. The van der Waals surface area contributed by atoms with Crippen molar-refractivity contribution < 1.29 is 9.59 Å². The Bertz CT molecular complexity index is 952. The molecule has 1 aromatic heterocycles. The van der Waals surface area contributed by atoms with Gasteiger partial charge >= 0.3 is 0 Å². The van der Waals surface area contributed by atoms with Gasteiger partial charge in [-0.25, -0.2) is 9.66 Å². The van der Waals surface area contributed by atoms with Gasteiger partial charge in [-0.1, -0.05) is 45.0 Å². The van der Waals surface area contributed by atoms with E-state index in [0.717, 1.165) is 11.0 Å². The first kappa shape index (κ1) is 18.6. The van der Waals surface area contributed by atoms with E-state index in [9.17, 15) is 9.59 Å². The highest BCUT2D eigenvalue weighted by molar-refractivity contribution is 5.94. The Morgan fingerprint density at radius 3 is 2.44 bits per heavy atom. The lowest BCUT2D eigenvalue weighted by Crippen LogP contribution is -2.30. The van der Waals surface area contributed by atoms with Gasteiger partial charge in [-0.05, 0) is 35.2 Å². The van der Waals surface area contributed by atoms with Crippen LogP contribution in [0.25, 0.3) is 11.0 Å². The highest BCUT2D eigenvalue weighted by atomic mass is 16.2. The minimum Gasteiger partial charge on any atom is -0.352 e. The standard InChI is InChI=1S/C21H24N4O2/c1-21(2,3)16-10-8-15(9-11-16)20(27)22-13-12-19(26)24-25-14-23-17-6-4-5-7-18(17)25/h4-11,14H,12-13H2,1-3H3,(H,22,27)(H,24,26). The van der Waals surface area contributed by atoms with Crippen LogP contribution in [0.5, 0.6) is 0 Å². The molecule has 0 bridgehead atoms. The van der Waals surface area contributed by atoms with Gasteiger partial charge in [0, 0.05) is 18.5 Å². The third-order valence-electron chi connectivity index (χ3n) is 4.35. The minimum absolute atomic E-state index is 0.0462. The van der Waals surface area contributed by atoms with E-state index in [1.807, 2.05) is 48.5 Å². The van der Waals surface area contributed by atoms with E-state index in [1.54, 1.807) is 11.0 Å². The maximum Gasteiger partial charge on any atom is 0.251 e. The van der Waals surface area contributed by atoms with Crippen LogP contribution in [-0.4, -0.2) is 28.0 Å². The average Bonchev–Trinajstić information content (AvgIpc) is 3.04. The molecule has 6 nitrogen and oxygen atoms in total. The lowest BCUT2D eigenvalue weighted by Gasteiger charge is -2.19. The summed E-state index contributed by atoms with van der Waals surface area (Å²) in [6, 6.07) is 15.1. The van der Waals surface area contributed by atoms with Crippen molar-refractivity contribution in [3.05, 3.63) is 66.0 Å². The molecule has 0 fully saturated rings. The molecule has 2 amide bonds. The first-order valence-corrected chi connectivity index (χ1v) is 8.95. The molecule has 1 heterocycles. The van der Waals surface area contributed by atoms with Crippen molar-refractivity contribution in [3.8, 4) is 0 Å². The van der Waals surface area contributed by atoms with Crippen LogP contribution in [0.4, 0.5) is 0 Å². The van der Waals surface area contributed by atoms with Crippen LogP contribution in [0, 0.1) is 0 Å². The zero-order valence-electron chi connectivity index (χ0n) is 15.8. The molecule has 140 valence electrons. The van der Waals surface area contributed by atoms with Crippen LogP contribution >= 0.6 is 0 Å². The van der Waals surface area contributed by atoms with E-state index in [0.29, 0.717) is 5.56 Å². The van der Waals surface area contributed by atoms with Crippen molar-refractivity contribution in [2.75, 3.05) is 12.0 Å². The average molecular weight is 364 g/mol. The molecule has 0 aliphatic carbocycles. The maximum absolute atomic E-state index is 12.2. The summed E-state index contributed by atoms with van der Waals surface area (Å²) in [5, 5.41) is 2.78. The molecule has 0 radical (unpaired) electrons. The smallest absolute Gasteiger partial charge is 0.251 e. The number of imidazole rings is 1. The first-order valence-electron chi connectivity index (χ1n) is 8.95. The van der Waals surface area contributed by atoms with Crippen molar-refractivity contribution in [3.63, 3.8) is 0 Å². The Hall–Kier alpha value is -3.15. The van der Waals surface area contributed by atoms with Gasteiger partial charge in [-0.3, -0.25) is 15.0 Å². The number of nitrogens with zero attached hydrogens (tertiary/aromatic N) is 2. The van der Waals surface area contributed by atoms with Gasteiger partial charge in [-0.15, -0.1) is 0 Å². The second-order valence-electron chi connectivity index (χ2n) is 7.47. The third-order valence-corrected chi connectivity index (χ3v) is 4.35. The fourth-order valence-electron chi connectivity index (χ4n) is 2.75. The summed E-state index contributed by atoms with van der Waals surface area (Å²) in [4.78, 5) is 28.6. The monoisotopic (exact) mass is 364 g/mol. The van der Waals surface area contributed by atoms with Gasteiger partial charge < -0.3 is 5.32 Å². The Labute approximate surface area is 158 Å². The predicted molar refractivity (Wildman–Crippen MR) is 106 cm³/mol. The number of hydrogen-bond donors (Lipinski definition) is 2. The van der Waals surface area contributed by atoms with Gasteiger partial charge in [0.25, 0.3) is 5.91 Å². The van der Waals surface area contributed by atoms with E-state index in [1.165, 1.54) is 5.56 Å². The molecule has 0 unspecified atom stereocenters. The first-order chi connectivity index (χ1) is 12.8. The summed E-state index contributed by atoms with van der Waals surface area (Å²) < 4.78 is 1.59. The van der Waals surface area contributed by atoms with E-state index in [4.69, 9.17) is 0 Å². The number of benzene rings is 2. The Morgan fingerprint density at radius 1 is 1.04 bits per heavy atom. The number of carbonyl (C=O) groups is 2. The van der Waals surface area contributed by atoms with Gasteiger partial charge in [0.2, 0.25) is 5.91 Å². The van der Waals surface area contributed by atoms with E-state index in [2.05, 4.69) is 36.5 Å². The van der Waals surface area contributed by atoms with Gasteiger partial charge in [0.15, 0.2) is 0 Å². The highest BCUT2D eigenvalue weighted by Crippen LogP contribution is 2.22. The number of fused-ring (bicyclic) bond motifs is 1. The normalized spacial score (nSPS) is 11.4. The second kappa shape index (κ2) is 7.61. The summed E-state index contributed by atoms with van der Waals surface area (Å²) in [6.07, 6.45) is 1.75. The zero-order valence-corrected chi connectivity index (χ0v) is 15.8. The molecule has 0 aliphatic rings. The molecular weight excluding hydrogens is 340 g/mol. The quantitative estimate of drug-likeness (QED) is 0.730. The second-order valence-corrected chi connectivity index (χ2v) is 7.47. The fourth-order valence-corrected chi connectivity index (χ4v) is 2.75. The summed E-state index contributed by atoms with van der Waals surface area (Å²) in [6.45, 7) is 6.65. The van der Waals surface area contributed by atoms with Gasteiger partial charge in [0.05, 0.1) is 11.0 Å². The van der Waals surface area contributed by atoms with Crippen LogP contribution in [-0.2, 0) is 10.2 Å². The lowest BCUT2D eigenvalue weighted by atomic mass is 9.87. The Balaban J connectivity index is 1.50. The Morgan fingerprint density at radius 2 is 1.74 bits per heavy atom. The molecule has 0 aliphatic heterocycles. The topological polar surface area (TPSA) is 76.0 Å². The van der Waals surface area contributed by atoms with Gasteiger partial charge in [0.1, 0.15) is 6.33 Å². The summed E-state index contributed by atoms with van der Waals surface area (Å²) in [5.41, 5.74) is 6.21. The molecule has 6 heteroatoms. The number of nitrogens with one attached hydrogen (secondary N) is 2. The molecule has 3 aromatic rings. The summed E-state index contributed by atoms with van der Waals surface area (Å²) in [7, 11) is 0. The zero-order chi connectivity index (χ0) is 19.4. The van der Waals surface area contributed by atoms with Crippen LogP contribution in [0.3, 0.4) is 0 Å². The van der Waals surface area contributed by atoms with Crippen LogP contribution in [0.2, 0.25) is 0 Å². The van der Waals surface area contributed by atoms with Crippen molar-refractivity contribution in [2.24, 2.45) is 0 Å². The largest absolute Gasteiger partial charge is 0.352 e. The number of carbonyl (C=O) groups excluding carboxylic acids is 2. The molecule has 0 saturated carbocycles. The molecule has 3 rings (SSSR count). The Kier molecular flexibility index (Phi) is 5.26. The highest BCUT2D eigenvalue weighted by Gasteiger charge is 2.14. The van der Waals surface area contributed by atoms with Crippen molar-refractivity contribution in [2.45, 2.75) is 32.6 Å². The van der Waals surface area contributed by atoms with E-state index >= 15 is 0 Å². The van der Waals surface area contributed by atoms with Gasteiger partial charge in [-0.2, -0.15) is 0 Å². The van der Waals surface area contributed by atoms with E-state index < -0.39 is 0 Å². The van der Waals surface area contributed by atoms with Crippen molar-refractivity contribution in [1.29, 1.82) is 0 Å². The lowest BCUT2D eigenvalue weighted by molar-refractivity contribution is -0.116. The number of amides is 2. The number of hydrogen-bond acceptors (Lipinski definition) is 3. The predicted octanol–water partition coefficient (Wildman–Crippen LogP) is 3.22. The van der Waals surface area contributed by atoms with Crippen LogP contribution in [0.15, 0.2) is 54.9 Å². The third kappa shape index (κ3) is 4.53. The molecule has 27 heavy (non-hydrogen) atoms. The number of aromatic nitrogens is 2. The maximum atomic E-state index is 12.2. The SMILES string of the molecule is CC(C)(C)c1ccc(C(=O)NCCC(=O)Nn2cnc3ccccc32)cc1. The van der Waals surface area contributed by atoms with E-state index in [-0.39, 0.29) is 30.2 Å². The summed E-state index contributed by atoms with van der Waals surface area (Å²) >= 11 is 0. The fraction of sp³-hybridized carbons (Fsp3) is 0.286.